The summed E-state index contributed by atoms with van der Waals surface area (Å²) in [5.74, 6) is 1.12. The van der Waals surface area contributed by atoms with Gasteiger partial charge in [0, 0.05) is 62.3 Å². The molecule has 32 heavy (non-hydrogen) atoms. The summed E-state index contributed by atoms with van der Waals surface area (Å²) in [5.41, 5.74) is 1.23. The van der Waals surface area contributed by atoms with Crippen molar-refractivity contribution in [2.24, 2.45) is 0 Å². The Kier molecular flexibility index (Phi) is 6.21. The number of rotatable bonds is 5. The van der Waals surface area contributed by atoms with Crippen LogP contribution in [0.3, 0.4) is 0 Å². The molecule has 0 spiro atoms. The molecule has 0 radical (unpaired) electrons. The van der Waals surface area contributed by atoms with Gasteiger partial charge in [-0.15, -0.1) is 0 Å². The first-order valence-corrected chi connectivity index (χ1v) is 9.88. The van der Waals surface area contributed by atoms with Crippen molar-refractivity contribution in [3.63, 3.8) is 0 Å². The molecule has 0 bridgehead atoms. The Bertz CT molecular complexity index is 1110. The van der Waals surface area contributed by atoms with E-state index in [1.165, 1.54) is 12.4 Å². The number of pyridine rings is 2. The molecule has 0 atom stereocenters. The van der Waals surface area contributed by atoms with Crippen LogP contribution in [0.1, 0.15) is 21.5 Å². The van der Waals surface area contributed by atoms with Crippen molar-refractivity contribution in [1.29, 1.82) is 10.5 Å². The predicted molar refractivity (Wildman–Crippen MR) is 113 cm³/mol. The third kappa shape index (κ3) is 4.98. The van der Waals surface area contributed by atoms with Gasteiger partial charge in [-0.25, -0.2) is 9.97 Å². The van der Waals surface area contributed by atoms with E-state index in [1.54, 1.807) is 47.4 Å². The Morgan fingerprint density at radius 2 is 1.41 bits per heavy atom. The first-order valence-electron chi connectivity index (χ1n) is 9.88. The molecule has 0 aliphatic carbocycles. The summed E-state index contributed by atoms with van der Waals surface area (Å²) in [6.45, 7) is 2.67. The maximum atomic E-state index is 13.1. The van der Waals surface area contributed by atoms with Crippen LogP contribution in [-0.2, 0) is 0 Å². The molecule has 4 rings (SSSR count). The van der Waals surface area contributed by atoms with Crippen LogP contribution in [0.15, 0.2) is 54.9 Å². The van der Waals surface area contributed by atoms with Gasteiger partial charge in [-0.3, -0.25) is 4.79 Å². The lowest BCUT2D eigenvalue weighted by atomic mass is 10.1. The predicted octanol–water partition coefficient (Wildman–Crippen LogP) is 2.85. The molecule has 1 aromatic carbocycles. The number of carbonyl (C=O) groups excluding carboxylic acids is 1. The highest BCUT2D eigenvalue weighted by Gasteiger charge is 2.20. The molecule has 2 aromatic heterocycles. The van der Waals surface area contributed by atoms with Crippen LogP contribution in [-0.4, -0.2) is 47.0 Å². The molecular formula is C23H18N6O3. The van der Waals surface area contributed by atoms with Gasteiger partial charge in [0.05, 0.1) is 11.1 Å². The van der Waals surface area contributed by atoms with Crippen LogP contribution >= 0.6 is 0 Å². The van der Waals surface area contributed by atoms with Crippen LogP contribution in [0.4, 0.5) is 0 Å². The second-order valence-corrected chi connectivity index (χ2v) is 6.93. The molecule has 3 heterocycles. The molecule has 1 N–H and O–H groups in total. The van der Waals surface area contributed by atoms with Crippen molar-refractivity contribution in [1.82, 2.24) is 20.2 Å². The van der Waals surface area contributed by atoms with Gasteiger partial charge < -0.3 is 19.7 Å². The van der Waals surface area contributed by atoms with Gasteiger partial charge in [-0.2, -0.15) is 10.5 Å². The van der Waals surface area contributed by atoms with Crippen LogP contribution in [0, 0.1) is 22.7 Å². The molecule has 9 nitrogen and oxygen atoms in total. The number of nitrogens with one attached hydrogen (secondary N) is 1. The summed E-state index contributed by atoms with van der Waals surface area (Å²) in [5, 5.41) is 21.1. The van der Waals surface area contributed by atoms with Gasteiger partial charge in [0.25, 0.3) is 5.91 Å². The zero-order chi connectivity index (χ0) is 22.3. The summed E-state index contributed by atoms with van der Waals surface area (Å²) in [6.07, 6.45) is 2.81. The molecule has 0 saturated carbocycles. The Balaban J connectivity index is 1.64. The molecule has 3 aromatic rings. The van der Waals surface area contributed by atoms with Crippen molar-refractivity contribution < 1.29 is 14.3 Å². The molecule has 0 unspecified atom stereocenters. The topological polar surface area (TPSA) is 124 Å². The van der Waals surface area contributed by atoms with Crippen LogP contribution in [0.25, 0.3) is 0 Å². The fourth-order valence-electron chi connectivity index (χ4n) is 3.12. The number of amides is 1. The minimum atomic E-state index is -0.137. The molecule has 9 heteroatoms. The minimum Gasteiger partial charge on any atom is -0.439 e. The van der Waals surface area contributed by atoms with E-state index in [9.17, 15) is 4.79 Å². The summed E-state index contributed by atoms with van der Waals surface area (Å²) >= 11 is 0. The van der Waals surface area contributed by atoms with Crippen LogP contribution in [0.5, 0.6) is 23.3 Å². The van der Waals surface area contributed by atoms with E-state index in [-0.39, 0.29) is 17.7 Å². The first-order chi connectivity index (χ1) is 15.6. The number of carbonyl (C=O) groups is 1. The maximum absolute atomic E-state index is 13.1. The zero-order valence-corrected chi connectivity index (χ0v) is 17.0. The Morgan fingerprint density at radius 1 is 0.875 bits per heavy atom. The van der Waals surface area contributed by atoms with Crippen molar-refractivity contribution in [3.8, 4) is 35.4 Å². The van der Waals surface area contributed by atoms with Gasteiger partial charge in [-0.1, -0.05) is 0 Å². The summed E-state index contributed by atoms with van der Waals surface area (Å²) < 4.78 is 11.6. The van der Waals surface area contributed by atoms with Crippen LogP contribution in [0.2, 0.25) is 0 Å². The number of hydrogen-bond donors (Lipinski definition) is 1. The second kappa shape index (κ2) is 9.56. The van der Waals surface area contributed by atoms with E-state index in [1.807, 2.05) is 12.1 Å². The van der Waals surface area contributed by atoms with Gasteiger partial charge in [-0.05, 0) is 24.3 Å². The van der Waals surface area contributed by atoms with Gasteiger partial charge in [0.15, 0.2) is 0 Å². The van der Waals surface area contributed by atoms with E-state index in [0.29, 0.717) is 41.3 Å². The summed E-state index contributed by atoms with van der Waals surface area (Å²) in [4.78, 5) is 23.0. The van der Waals surface area contributed by atoms with Crippen molar-refractivity contribution >= 4 is 5.91 Å². The van der Waals surface area contributed by atoms with Crippen molar-refractivity contribution in [3.05, 3.63) is 71.5 Å². The third-order valence-electron chi connectivity index (χ3n) is 4.71. The molecule has 1 aliphatic heterocycles. The number of aromatic nitrogens is 2. The zero-order valence-electron chi connectivity index (χ0n) is 17.0. The smallest absolute Gasteiger partial charge is 0.254 e. The third-order valence-corrected chi connectivity index (χ3v) is 4.71. The lowest BCUT2D eigenvalue weighted by molar-refractivity contribution is 0.0735. The van der Waals surface area contributed by atoms with Gasteiger partial charge >= 0.3 is 0 Å². The van der Waals surface area contributed by atoms with Crippen molar-refractivity contribution in [2.75, 3.05) is 26.2 Å². The normalized spacial score (nSPS) is 13.0. The quantitative estimate of drug-likeness (QED) is 0.660. The van der Waals surface area contributed by atoms with E-state index in [4.69, 9.17) is 20.0 Å². The molecule has 1 fully saturated rings. The fraction of sp³-hybridized carbons (Fsp3) is 0.174. The molecule has 1 saturated heterocycles. The standard InChI is InChI=1S/C23H18N6O3/c24-12-16-1-3-21(27-14-16)31-19-9-18(23(30)29-7-5-26-6-8-29)10-20(11-19)32-22-4-2-17(13-25)15-28-22/h1-4,9-11,14-15,26H,5-8H2. The molecule has 158 valence electrons. The fourth-order valence-corrected chi connectivity index (χ4v) is 3.12. The van der Waals surface area contributed by atoms with E-state index in [0.717, 1.165) is 13.1 Å². The Labute approximate surface area is 184 Å². The molecule has 1 amide bonds. The van der Waals surface area contributed by atoms with Gasteiger partial charge in [0.2, 0.25) is 11.8 Å². The highest BCUT2D eigenvalue weighted by atomic mass is 16.5. The second-order valence-electron chi connectivity index (χ2n) is 6.93. The highest BCUT2D eigenvalue weighted by molar-refractivity contribution is 5.95. The SMILES string of the molecule is N#Cc1ccc(Oc2cc(Oc3ccc(C#N)cn3)cc(C(=O)N3CCNCC3)c2)nc1. The van der Waals surface area contributed by atoms with E-state index < -0.39 is 0 Å². The Morgan fingerprint density at radius 3 is 1.84 bits per heavy atom. The van der Waals surface area contributed by atoms with E-state index >= 15 is 0 Å². The van der Waals surface area contributed by atoms with E-state index in [2.05, 4.69) is 15.3 Å². The number of ether oxygens (including phenoxy) is 2. The monoisotopic (exact) mass is 426 g/mol. The Hall–Kier alpha value is -4.47. The van der Waals surface area contributed by atoms with Crippen molar-refractivity contribution in [2.45, 2.75) is 0 Å². The van der Waals surface area contributed by atoms with Gasteiger partial charge in [0.1, 0.15) is 23.6 Å². The molecule has 1 aliphatic rings. The molecular weight excluding hydrogens is 408 g/mol. The average molecular weight is 426 g/mol. The number of hydrogen-bond acceptors (Lipinski definition) is 8. The lowest BCUT2D eigenvalue weighted by Crippen LogP contribution is -2.46. The summed E-state index contributed by atoms with van der Waals surface area (Å²) in [6, 6.07) is 15.2. The minimum absolute atomic E-state index is 0.137. The van der Waals surface area contributed by atoms with Crippen LogP contribution < -0.4 is 14.8 Å². The average Bonchev–Trinajstić information content (AvgIpc) is 2.85. The number of nitriles is 2. The first kappa shape index (κ1) is 20.8. The number of benzene rings is 1. The highest BCUT2D eigenvalue weighted by Crippen LogP contribution is 2.30. The number of piperazine rings is 1. The summed E-state index contributed by atoms with van der Waals surface area (Å²) in [7, 11) is 0. The largest absolute Gasteiger partial charge is 0.439 e. The number of nitrogens with zero attached hydrogens (tertiary/aromatic N) is 5. The lowest BCUT2D eigenvalue weighted by Gasteiger charge is -2.27. The maximum Gasteiger partial charge on any atom is 0.254 e.